The molecule has 0 aromatic rings. The summed E-state index contributed by atoms with van der Waals surface area (Å²) in [5.41, 5.74) is -0.266. The molecule has 0 aromatic carbocycles. The van der Waals surface area contributed by atoms with E-state index in [0.29, 0.717) is 17.8 Å². The van der Waals surface area contributed by atoms with Gasteiger partial charge in [-0.2, -0.15) is 0 Å². The lowest BCUT2D eigenvalue weighted by molar-refractivity contribution is -0.251. The Bertz CT molecular complexity index is 439. The first-order valence-corrected chi connectivity index (χ1v) is 7.65. The van der Waals surface area contributed by atoms with Gasteiger partial charge in [0.05, 0.1) is 0 Å². The van der Waals surface area contributed by atoms with Crippen LogP contribution in [-0.2, 0) is 14.3 Å². The van der Waals surface area contributed by atoms with Crippen LogP contribution in [0, 0.1) is 23.7 Å². The van der Waals surface area contributed by atoms with Crippen LogP contribution in [-0.4, -0.2) is 23.5 Å². The minimum atomic E-state index is -0.492. The lowest BCUT2D eigenvalue weighted by Crippen LogP contribution is -2.69. The van der Waals surface area contributed by atoms with E-state index in [0.717, 1.165) is 19.3 Å². The van der Waals surface area contributed by atoms with Crippen molar-refractivity contribution in [1.82, 2.24) is 5.32 Å². The maximum Gasteiger partial charge on any atom is 0.225 e. The Kier molecular flexibility index (Phi) is 2.26. The van der Waals surface area contributed by atoms with Crippen LogP contribution in [0.15, 0.2) is 0 Å². The van der Waals surface area contributed by atoms with E-state index in [4.69, 9.17) is 9.47 Å². The van der Waals surface area contributed by atoms with Crippen molar-refractivity contribution in [2.45, 2.75) is 64.1 Å². The number of piperidine rings is 1. The van der Waals surface area contributed by atoms with Crippen LogP contribution in [0.4, 0.5) is 0 Å². The zero-order chi connectivity index (χ0) is 13.4. The number of carbonyl (C=O) groups is 1. The van der Waals surface area contributed by atoms with Gasteiger partial charge in [0.2, 0.25) is 5.91 Å². The molecule has 4 rings (SSSR count). The van der Waals surface area contributed by atoms with Crippen LogP contribution in [0.5, 0.6) is 0 Å². The lowest BCUT2D eigenvalue weighted by atomic mass is 9.56. The van der Waals surface area contributed by atoms with Gasteiger partial charge in [-0.25, -0.2) is 0 Å². The molecule has 0 aromatic heterocycles. The Labute approximate surface area is 114 Å². The minimum absolute atomic E-state index is 0.0373. The summed E-state index contributed by atoms with van der Waals surface area (Å²) < 4.78 is 12.6. The van der Waals surface area contributed by atoms with E-state index >= 15 is 0 Å². The van der Waals surface area contributed by atoms with E-state index in [9.17, 15) is 4.79 Å². The van der Waals surface area contributed by atoms with Crippen molar-refractivity contribution in [2.24, 2.45) is 23.7 Å². The summed E-state index contributed by atoms with van der Waals surface area (Å²) in [5, 5.41) is 3.08. The molecule has 4 nitrogen and oxygen atoms in total. The highest BCUT2D eigenvalue weighted by atomic mass is 16.8. The van der Waals surface area contributed by atoms with E-state index in [-0.39, 0.29) is 23.7 Å². The molecule has 3 heterocycles. The summed E-state index contributed by atoms with van der Waals surface area (Å²) in [7, 11) is 0. The van der Waals surface area contributed by atoms with E-state index in [2.05, 4.69) is 12.2 Å². The third-order valence-corrected chi connectivity index (χ3v) is 6.15. The van der Waals surface area contributed by atoms with Crippen LogP contribution in [0.1, 0.15) is 46.5 Å². The highest BCUT2D eigenvalue weighted by Crippen LogP contribution is 2.61. The van der Waals surface area contributed by atoms with Gasteiger partial charge < -0.3 is 14.8 Å². The highest BCUT2D eigenvalue weighted by molar-refractivity contribution is 5.80. The predicted octanol–water partition coefficient (Wildman–Crippen LogP) is 2.04. The maximum atomic E-state index is 12.2. The molecule has 1 N–H and O–H groups in total. The Hall–Kier alpha value is -0.610. The molecule has 7 atom stereocenters. The van der Waals surface area contributed by atoms with E-state index in [1.54, 1.807) is 0 Å². The topological polar surface area (TPSA) is 47.6 Å². The summed E-state index contributed by atoms with van der Waals surface area (Å²) in [6, 6.07) is 0. The number of hydrogen-bond donors (Lipinski definition) is 1. The average Bonchev–Trinajstić information content (AvgIpc) is 2.56. The molecule has 1 saturated carbocycles. The molecule has 0 unspecified atom stereocenters. The van der Waals surface area contributed by atoms with Gasteiger partial charge in [-0.1, -0.05) is 13.8 Å². The molecule has 1 aliphatic carbocycles. The monoisotopic (exact) mass is 265 g/mol. The number of amides is 1. The zero-order valence-corrected chi connectivity index (χ0v) is 11.9. The van der Waals surface area contributed by atoms with Crippen molar-refractivity contribution in [1.29, 1.82) is 0 Å². The second-order valence-electron chi connectivity index (χ2n) is 7.19. The van der Waals surface area contributed by atoms with Crippen molar-refractivity contribution in [3.63, 3.8) is 0 Å². The number of nitrogens with one attached hydrogen (secondary N) is 1. The van der Waals surface area contributed by atoms with Crippen LogP contribution in [0.3, 0.4) is 0 Å². The van der Waals surface area contributed by atoms with Crippen LogP contribution in [0.2, 0.25) is 0 Å². The fourth-order valence-electron chi connectivity index (χ4n) is 5.19. The summed E-state index contributed by atoms with van der Waals surface area (Å²) in [6.45, 7) is 6.41. The van der Waals surface area contributed by atoms with Crippen LogP contribution in [0.25, 0.3) is 0 Å². The molecule has 3 saturated heterocycles. The number of fused-ring (bicyclic) bond motifs is 1. The summed E-state index contributed by atoms with van der Waals surface area (Å²) in [4.78, 5) is 12.2. The number of ether oxygens (including phenoxy) is 2. The standard InChI is InChI=1S/C15H23NO3/c1-8-4-5-11-9(2)12(17)16-13-15(11)10(8)6-7-14(3,18-13)19-15/h8-11,13H,4-7H2,1-3H3,(H,16,17)/t8-,9-,10+,11+,13-,14+,15-/m1/s1. The van der Waals surface area contributed by atoms with Gasteiger partial charge in [0.25, 0.3) is 0 Å². The number of carbonyl (C=O) groups excluding carboxylic acids is 1. The largest absolute Gasteiger partial charge is 0.338 e. The van der Waals surface area contributed by atoms with Crippen LogP contribution < -0.4 is 5.32 Å². The molecule has 2 bridgehead atoms. The maximum absolute atomic E-state index is 12.2. The highest BCUT2D eigenvalue weighted by Gasteiger charge is 2.70. The van der Waals surface area contributed by atoms with Crippen molar-refractivity contribution in [3.8, 4) is 0 Å². The van der Waals surface area contributed by atoms with Gasteiger partial charge >= 0.3 is 0 Å². The normalized spacial score (nSPS) is 59.5. The summed E-state index contributed by atoms with van der Waals surface area (Å²) >= 11 is 0. The average molecular weight is 265 g/mol. The molecular formula is C15H23NO3. The summed E-state index contributed by atoms with van der Waals surface area (Å²) in [6.07, 6.45) is 4.16. The third kappa shape index (κ3) is 1.34. The first kappa shape index (κ1) is 12.2. The van der Waals surface area contributed by atoms with Gasteiger partial charge in [0.15, 0.2) is 12.0 Å². The van der Waals surface area contributed by atoms with E-state index in [1.807, 2.05) is 13.8 Å². The molecule has 4 fully saturated rings. The van der Waals surface area contributed by atoms with Gasteiger partial charge in [-0.05, 0) is 38.0 Å². The molecular weight excluding hydrogens is 242 g/mol. The Morgan fingerprint density at radius 1 is 1.21 bits per heavy atom. The van der Waals surface area contributed by atoms with Gasteiger partial charge in [-0.3, -0.25) is 4.79 Å². The Morgan fingerprint density at radius 3 is 2.79 bits per heavy atom. The molecule has 19 heavy (non-hydrogen) atoms. The van der Waals surface area contributed by atoms with Crippen molar-refractivity contribution < 1.29 is 14.3 Å². The molecule has 106 valence electrons. The first-order chi connectivity index (χ1) is 8.96. The van der Waals surface area contributed by atoms with Crippen molar-refractivity contribution >= 4 is 5.91 Å². The number of hydrogen-bond acceptors (Lipinski definition) is 3. The summed E-state index contributed by atoms with van der Waals surface area (Å²) in [5.74, 6) is 1.18. The predicted molar refractivity (Wildman–Crippen MR) is 69.0 cm³/mol. The molecule has 3 aliphatic heterocycles. The molecule has 4 heteroatoms. The van der Waals surface area contributed by atoms with E-state index < -0.39 is 5.79 Å². The van der Waals surface area contributed by atoms with Gasteiger partial charge in [0, 0.05) is 18.3 Å². The van der Waals surface area contributed by atoms with Gasteiger partial charge in [-0.15, -0.1) is 0 Å². The fourth-order valence-corrected chi connectivity index (χ4v) is 5.19. The SMILES string of the molecule is C[C@@H]1CC[C@H]2[C@@H](C)C(=O)N[C@@H]3O[C@]4(C)CC[C@@H]1[C@]32O4. The quantitative estimate of drug-likeness (QED) is 0.729. The zero-order valence-electron chi connectivity index (χ0n) is 11.9. The molecule has 1 amide bonds. The molecule has 4 aliphatic rings. The molecule has 1 spiro atoms. The second kappa shape index (κ2) is 3.53. The lowest BCUT2D eigenvalue weighted by Gasteiger charge is -2.57. The second-order valence-corrected chi connectivity index (χ2v) is 7.19. The number of rotatable bonds is 0. The Morgan fingerprint density at radius 2 is 2.00 bits per heavy atom. The van der Waals surface area contributed by atoms with Gasteiger partial charge in [0.1, 0.15) is 5.60 Å². The van der Waals surface area contributed by atoms with Crippen LogP contribution >= 0.6 is 0 Å². The first-order valence-electron chi connectivity index (χ1n) is 7.65. The third-order valence-electron chi connectivity index (χ3n) is 6.15. The van der Waals surface area contributed by atoms with Crippen molar-refractivity contribution in [2.75, 3.05) is 0 Å². The van der Waals surface area contributed by atoms with Crippen molar-refractivity contribution in [3.05, 3.63) is 0 Å². The van der Waals surface area contributed by atoms with E-state index in [1.165, 1.54) is 6.42 Å². The smallest absolute Gasteiger partial charge is 0.225 e. The minimum Gasteiger partial charge on any atom is -0.338 e. The molecule has 0 radical (unpaired) electrons. The fraction of sp³-hybridized carbons (Fsp3) is 0.933. The Balaban J connectivity index is 1.84.